The van der Waals surface area contributed by atoms with Gasteiger partial charge in [-0.2, -0.15) is 0 Å². The molecule has 0 spiro atoms. The van der Waals surface area contributed by atoms with Crippen LogP contribution in [-0.4, -0.2) is 57.4 Å². The normalized spacial score (nSPS) is 22.5. The highest BCUT2D eigenvalue weighted by atomic mass is 16.4. The lowest BCUT2D eigenvalue weighted by Gasteiger charge is -2.37. The number of hydrogen-bond donors (Lipinski definition) is 1. The highest BCUT2D eigenvalue weighted by Gasteiger charge is 2.44. The predicted molar refractivity (Wildman–Crippen MR) is 76.6 cm³/mol. The Morgan fingerprint density at radius 2 is 1.95 bits per heavy atom. The first kappa shape index (κ1) is 15.8. The summed E-state index contributed by atoms with van der Waals surface area (Å²) in [5.41, 5.74) is -0.442. The number of amides is 2. The van der Waals surface area contributed by atoms with Crippen LogP contribution in [0.2, 0.25) is 0 Å². The fourth-order valence-electron chi connectivity index (χ4n) is 2.84. The van der Waals surface area contributed by atoms with E-state index < -0.39 is 11.5 Å². The van der Waals surface area contributed by atoms with Crippen LogP contribution >= 0.6 is 0 Å². The average molecular weight is 296 g/mol. The first-order valence-corrected chi connectivity index (χ1v) is 7.53. The molecule has 2 rings (SSSR count). The van der Waals surface area contributed by atoms with E-state index in [4.69, 9.17) is 5.11 Å². The van der Waals surface area contributed by atoms with Crippen LogP contribution in [0.15, 0.2) is 0 Å². The van der Waals surface area contributed by atoms with Gasteiger partial charge in [0.2, 0.25) is 11.8 Å². The Labute approximate surface area is 125 Å². The van der Waals surface area contributed by atoms with Crippen molar-refractivity contribution in [1.82, 2.24) is 9.80 Å². The van der Waals surface area contributed by atoms with E-state index in [1.165, 1.54) is 0 Å². The van der Waals surface area contributed by atoms with Gasteiger partial charge in [-0.3, -0.25) is 14.4 Å². The van der Waals surface area contributed by atoms with Gasteiger partial charge in [-0.1, -0.05) is 0 Å². The average Bonchev–Trinajstić information content (AvgIpc) is 3.10. The minimum Gasteiger partial charge on any atom is -0.481 e. The molecule has 2 fully saturated rings. The molecule has 118 valence electrons. The molecule has 1 aliphatic carbocycles. The number of likely N-dealkylation sites (tertiary alicyclic amines) is 1. The fraction of sp³-hybridized carbons (Fsp3) is 0.800. The first-order valence-electron chi connectivity index (χ1n) is 7.53. The maximum Gasteiger partial charge on any atom is 0.305 e. The fourth-order valence-corrected chi connectivity index (χ4v) is 2.84. The van der Waals surface area contributed by atoms with E-state index in [2.05, 4.69) is 0 Å². The molecule has 0 aromatic carbocycles. The van der Waals surface area contributed by atoms with Gasteiger partial charge in [-0.05, 0) is 33.6 Å². The van der Waals surface area contributed by atoms with Gasteiger partial charge in [0.15, 0.2) is 0 Å². The number of carboxylic acid groups (broad SMARTS) is 1. The summed E-state index contributed by atoms with van der Waals surface area (Å²) < 4.78 is 0. The lowest BCUT2D eigenvalue weighted by Crippen LogP contribution is -2.49. The summed E-state index contributed by atoms with van der Waals surface area (Å²) >= 11 is 0. The number of rotatable bonds is 5. The third kappa shape index (κ3) is 3.74. The number of carbonyl (C=O) groups excluding carboxylic acids is 2. The molecule has 0 aromatic heterocycles. The Bertz CT molecular complexity index is 451. The molecule has 2 aliphatic rings. The van der Waals surface area contributed by atoms with Crippen LogP contribution < -0.4 is 0 Å². The Kier molecular flexibility index (Phi) is 4.25. The lowest BCUT2D eigenvalue weighted by atomic mass is 10.00. The van der Waals surface area contributed by atoms with Crippen LogP contribution in [-0.2, 0) is 14.4 Å². The standard InChI is InChI=1S/C15H24N2O4/c1-15(2,3)17(7-6-13(19)20)14(21)10-8-12(18)16(9-10)11-4-5-11/h10-11H,4-9H2,1-3H3,(H,19,20). The summed E-state index contributed by atoms with van der Waals surface area (Å²) in [5, 5.41) is 8.84. The molecule has 1 aliphatic heterocycles. The SMILES string of the molecule is CC(C)(C)N(CCC(=O)O)C(=O)C1CC(=O)N(C2CC2)C1. The minimum atomic E-state index is -0.917. The van der Waals surface area contributed by atoms with Gasteiger partial charge in [0.25, 0.3) is 0 Å². The van der Waals surface area contributed by atoms with Crippen LogP contribution in [0.4, 0.5) is 0 Å². The molecule has 2 amide bonds. The molecule has 1 unspecified atom stereocenters. The van der Waals surface area contributed by atoms with Crippen molar-refractivity contribution in [1.29, 1.82) is 0 Å². The summed E-state index contributed by atoms with van der Waals surface area (Å²) in [6.07, 6.45) is 2.26. The largest absolute Gasteiger partial charge is 0.481 e. The zero-order valence-electron chi connectivity index (χ0n) is 13.0. The maximum atomic E-state index is 12.7. The van der Waals surface area contributed by atoms with Gasteiger partial charge >= 0.3 is 5.97 Å². The van der Waals surface area contributed by atoms with Crippen molar-refractivity contribution in [2.45, 2.75) is 58.0 Å². The number of nitrogens with zero attached hydrogens (tertiary/aromatic N) is 2. The molecule has 1 N–H and O–H groups in total. The summed E-state index contributed by atoms with van der Waals surface area (Å²) in [7, 11) is 0. The Hall–Kier alpha value is -1.59. The van der Waals surface area contributed by atoms with Crippen LogP contribution in [0.5, 0.6) is 0 Å². The molecule has 1 saturated heterocycles. The van der Waals surface area contributed by atoms with Crippen LogP contribution in [0.25, 0.3) is 0 Å². The van der Waals surface area contributed by atoms with Crippen LogP contribution in [0, 0.1) is 5.92 Å². The zero-order chi connectivity index (χ0) is 15.8. The molecule has 0 radical (unpaired) electrons. The van der Waals surface area contributed by atoms with Crippen molar-refractivity contribution < 1.29 is 19.5 Å². The summed E-state index contributed by atoms with van der Waals surface area (Å²) in [6.45, 7) is 6.35. The molecule has 1 atom stereocenters. The number of carbonyl (C=O) groups is 3. The number of hydrogen-bond acceptors (Lipinski definition) is 3. The summed E-state index contributed by atoms with van der Waals surface area (Å²) in [6, 6.07) is 0.331. The highest BCUT2D eigenvalue weighted by molar-refractivity contribution is 5.90. The maximum absolute atomic E-state index is 12.7. The minimum absolute atomic E-state index is 0.0583. The first-order chi connectivity index (χ1) is 9.70. The second-order valence-electron chi connectivity index (χ2n) is 6.98. The molecule has 1 saturated carbocycles. The third-order valence-corrected chi connectivity index (χ3v) is 4.12. The molecular formula is C15H24N2O4. The second kappa shape index (κ2) is 5.66. The van der Waals surface area contributed by atoms with E-state index in [9.17, 15) is 14.4 Å². The molecule has 6 nitrogen and oxygen atoms in total. The summed E-state index contributed by atoms with van der Waals surface area (Å²) in [5.74, 6) is -1.28. The number of carboxylic acids is 1. The van der Waals surface area contributed by atoms with Crippen LogP contribution in [0.1, 0.15) is 46.5 Å². The van der Waals surface area contributed by atoms with Crippen molar-refractivity contribution in [3.63, 3.8) is 0 Å². The van der Waals surface area contributed by atoms with E-state index in [0.29, 0.717) is 12.6 Å². The Morgan fingerprint density at radius 3 is 2.43 bits per heavy atom. The van der Waals surface area contributed by atoms with Crippen molar-refractivity contribution >= 4 is 17.8 Å². The van der Waals surface area contributed by atoms with Crippen molar-refractivity contribution in [2.75, 3.05) is 13.1 Å². The molecule has 21 heavy (non-hydrogen) atoms. The smallest absolute Gasteiger partial charge is 0.305 e. The highest BCUT2D eigenvalue weighted by Crippen LogP contribution is 2.33. The van der Waals surface area contributed by atoms with Gasteiger partial charge < -0.3 is 14.9 Å². The van der Waals surface area contributed by atoms with Crippen molar-refractivity contribution in [3.05, 3.63) is 0 Å². The van der Waals surface area contributed by atoms with Gasteiger partial charge in [0.05, 0.1) is 12.3 Å². The third-order valence-electron chi connectivity index (χ3n) is 4.12. The zero-order valence-corrected chi connectivity index (χ0v) is 13.0. The molecular weight excluding hydrogens is 272 g/mol. The number of aliphatic carboxylic acids is 1. The van der Waals surface area contributed by atoms with E-state index in [1.54, 1.807) is 4.90 Å². The Morgan fingerprint density at radius 1 is 1.33 bits per heavy atom. The second-order valence-corrected chi connectivity index (χ2v) is 6.98. The van der Waals surface area contributed by atoms with E-state index in [0.717, 1.165) is 12.8 Å². The van der Waals surface area contributed by atoms with Gasteiger partial charge in [0, 0.05) is 31.1 Å². The summed E-state index contributed by atoms with van der Waals surface area (Å²) in [4.78, 5) is 38.9. The van der Waals surface area contributed by atoms with E-state index >= 15 is 0 Å². The van der Waals surface area contributed by atoms with E-state index in [1.807, 2.05) is 25.7 Å². The van der Waals surface area contributed by atoms with Crippen LogP contribution in [0.3, 0.4) is 0 Å². The predicted octanol–water partition coefficient (Wildman–Crippen LogP) is 1.10. The van der Waals surface area contributed by atoms with Crippen molar-refractivity contribution in [2.24, 2.45) is 5.92 Å². The van der Waals surface area contributed by atoms with Gasteiger partial charge in [0.1, 0.15) is 0 Å². The topological polar surface area (TPSA) is 77.9 Å². The molecule has 6 heteroatoms. The molecule has 1 heterocycles. The Balaban J connectivity index is 2.04. The van der Waals surface area contributed by atoms with Gasteiger partial charge in [-0.25, -0.2) is 0 Å². The van der Waals surface area contributed by atoms with Crippen molar-refractivity contribution in [3.8, 4) is 0 Å². The molecule has 0 aromatic rings. The van der Waals surface area contributed by atoms with E-state index in [-0.39, 0.29) is 37.1 Å². The monoisotopic (exact) mass is 296 g/mol. The van der Waals surface area contributed by atoms with Gasteiger partial charge in [-0.15, -0.1) is 0 Å². The lowest BCUT2D eigenvalue weighted by molar-refractivity contribution is -0.143. The molecule has 0 bridgehead atoms. The quantitative estimate of drug-likeness (QED) is 0.824.